The summed E-state index contributed by atoms with van der Waals surface area (Å²) in [4.78, 5) is 24.8. The van der Waals surface area contributed by atoms with Gasteiger partial charge >= 0.3 is 0 Å². The lowest BCUT2D eigenvalue weighted by atomic mass is 9.81. The van der Waals surface area contributed by atoms with Gasteiger partial charge in [-0.25, -0.2) is 0 Å². The number of rotatable bonds is 2. The molecule has 0 saturated carbocycles. The summed E-state index contributed by atoms with van der Waals surface area (Å²) in [5, 5.41) is 0. The molecule has 1 spiro atoms. The number of carbonyl (C=O) groups is 2. The molecule has 0 amide bonds. The van der Waals surface area contributed by atoms with Crippen LogP contribution in [-0.4, -0.2) is 31.4 Å². The molecule has 0 aromatic heterocycles. The lowest BCUT2D eigenvalue weighted by Crippen LogP contribution is -2.46. The van der Waals surface area contributed by atoms with E-state index in [4.69, 9.17) is 14.2 Å². The van der Waals surface area contributed by atoms with Crippen molar-refractivity contribution in [3.8, 4) is 11.5 Å². The van der Waals surface area contributed by atoms with Gasteiger partial charge in [-0.3, -0.25) is 9.59 Å². The van der Waals surface area contributed by atoms with E-state index in [1.165, 1.54) is 19.3 Å². The highest BCUT2D eigenvalue weighted by atomic mass is 16.6. The Balaban J connectivity index is 2.21. The normalized spacial score (nSPS) is 22.9. The van der Waals surface area contributed by atoms with Crippen molar-refractivity contribution in [3.63, 3.8) is 0 Å². The number of hydrogen-bond donors (Lipinski definition) is 0. The number of carbonyl (C=O) groups excluding carboxylic acids is 2. The molecule has 3 rings (SSSR count). The number of hydrogen-bond acceptors (Lipinski definition) is 5. The third-order valence-corrected chi connectivity index (χ3v) is 4.07. The molecule has 1 aromatic carbocycles. The van der Waals surface area contributed by atoms with E-state index in [9.17, 15) is 9.59 Å². The highest BCUT2D eigenvalue weighted by Gasteiger charge is 2.55. The van der Waals surface area contributed by atoms with E-state index in [2.05, 4.69) is 0 Å². The van der Waals surface area contributed by atoms with Crippen LogP contribution < -0.4 is 9.47 Å². The first-order valence-corrected chi connectivity index (χ1v) is 6.85. The molecule has 1 heterocycles. The second-order valence-electron chi connectivity index (χ2n) is 5.37. The van der Waals surface area contributed by atoms with Gasteiger partial charge < -0.3 is 14.2 Å². The minimum absolute atomic E-state index is 0.206. The minimum Gasteiger partial charge on any atom is -0.497 e. The summed E-state index contributed by atoms with van der Waals surface area (Å²) < 4.78 is 16.5. The van der Waals surface area contributed by atoms with Crippen LogP contribution >= 0.6 is 0 Å². The van der Waals surface area contributed by atoms with Crippen molar-refractivity contribution in [2.75, 3.05) is 14.2 Å². The van der Waals surface area contributed by atoms with Crippen molar-refractivity contribution in [1.29, 1.82) is 0 Å². The van der Waals surface area contributed by atoms with E-state index in [1.807, 2.05) is 6.92 Å². The van der Waals surface area contributed by atoms with Crippen molar-refractivity contribution < 1.29 is 23.8 Å². The Morgan fingerprint density at radius 2 is 1.77 bits per heavy atom. The zero-order valence-corrected chi connectivity index (χ0v) is 12.9. The second-order valence-corrected chi connectivity index (χ2v) is 5.37. The molecule has 0 fully saturated rings. The number of ketones is 2. The Labute approximate surface area is 128 Å². The summed E-state index contributed by atoms with van der Waals surface area (Å²) in [6.45, 7) is 3.52. The number of aryl methyl sites for hydroxylation is 1. The van der Waals surface area contributed by atoms with Crippen LogP contribution in [-0.2, 0) is 9.53 Å². The lowest BCUT2D eigenvalue weighted by Gasteiger charge is -2.31. The molecule has 1 aliphatic heterocycles. The summed E-state index contributed by atoms with van der Waals surface area (Å²) in [5.41, 5.74) is 0.376. The molecule has 2 aliphatic rings. The fourth-order valence-corrected chi connectivity index (χ4v) is 3.01. The zero-order chi connectivity index (χ0) is 16.1. The predicted molar refractivity (Wildman–Crippen MR) is 79.3 cm³/mol. The molecule has 5 heteroatoms. The number of methoxy groups -OCH3 is 2. The summed E-state index contributed by atoms with van der Waals surface area (Å²) >= 11 is 0. The number of fused-ring (bicyclic) bond motifs is 1. The smallest absolute Gasteiger partial charge is 0.249 e. The van der Waals surface area contributed by atoms with Crippen LogP contribution in [0.3, 0.4) is 0 Å². The van der Waals surface area contributed by atoms with Crippen LogP contribution in [0.5, 0.6) is 11.5 Å². The largest absolute Gasteiger partial charge is 0.497 e. The average molecular weight is 300 g/mol. The lowest BCUT2D eigenvalue weighted by molar-refractivity contribution is -0.111. The van der Waals surface area contributed by atoms with Gasteiger partial charge in [0.1, 0.15) is 11.5 Å². The molecule has 1 aromatic rings. The first-order chi connectivity index (χ1) is 10.4. The van der Waals surface area contributed by atoms with Gasteiger partial charge in [0.25, 0.3) is 0 Å². The van der Waals surface area contributed by atoms with Gasteiger partial charge in [-0.05, 0) is 37.1 Å². The molecule has 5 nitrogen and oxygen atoms in total. The Morgan fingerprint density at radius 1 is 1.05 bits per heavy atom. The van der Waals surface area contributed by atoms with Gasteiger partial charge in [0.15, 0.2) is 11.5 Å². The van der Waals surface area contributed by atoms with Crippen LogP contribution in [0.25, 0.3) is 0 Å². The van der Waals surface area contributed by atoms with Gasteiger partial charge in [0.05, 0.1) is 19.8 Å². The Hall–Kier alpha value is -2.56. The third-order valence-electron chi connectivity index (χ3n) is 4.07. The van der Waals surface area contributed by atoms with Crippen molar-refractivity contribution >= 4 is 11.6 Å². The third kappa shape index (κ3) is 1.71. The van der Waals surface area contributed by atoms with Crippen molar-refractivity contribution in [2.24, 2.45) is 0 Å². The van der Waals surface area contributed by atoms with Crippen molar-refractivity contribution in [1.82, 2.24) is 0 Å². The molecular weight excluding hydrogens is 284 g/mol. The summed E-state index contributed by atoms with van der Waals surface area (Å²) in [5.74, 6) is 0.806. The molecule has 22 heavy (non-hydrogen) atoms. The highest BCUT2D eigenvalue weighted by Crippen LogP contribution is 2.47. The summed E-state index contributed by atoms with van der Waals surface area (Å²) in [7, 11) is 2.98. The van der Waals surface area contributed by atoms with Crippen LogP contribution in [0, 0.1) is 6.92 Å². The molecule has 0 radical (unpaired) electrons. The predicted octanol–water partition coefficient (Wildman–Crippen LogP) is 2.38. The van der Waals surface area contributed by atoms with Gasteiger partial charge in [-0.15, -0.1) is 0 Å². The summed E-state index contributed by atoms with van der Waals surface area (Å²) in [6, 6.07) is 3.45. The first-order valence-electron chi connectivity index (χ1n) is 6.85. The van der Waals surface area contributed by atoms with Crippen LogP contribution in [0.1, 0.15) is 22.8 Å². The number of benzene rings is 1. The van der Waals surface area contributed by atoms with Crippen molar-refractivity contribution in [2.45, 2.75) is 19.4 Å². The Bertz CT molecular complexity index is 757. The monoisotopic (exact) mass is 300 g/mol. The van der Waals surface area contributed by atoms with Gasteiger partial charge in [-0.2, -0.15) is 0 Å². The topological polar surface area (TPSA) is 61.8 Å². The van der Waals surface area contributed by atoms with E-state index in [1.54, 1.807) is 26.2 Å². The van der Waals surface area contributed by atoms with E-state index >= 15 is 0 Å². The maximum atomic E-state index is 13.0. The molecule has 1 unspecified atom stereocenters. The molecule has 1 atom stereocenters. The maximum absolute atomic E-state index is 13.0. The molecule has 0 bridgehead atoms. The minimum atomic E-state index is -1.39. The maximum Gasteiger partial charge on any atom is 0.249 e. The average Bonchev–Trinajstić information content (AvgIpc) is 2.77. The van der Waals surface area contributed by atoms with E-state index in [-0.39, 0.29) is 17.3 Å². The Kier molecular flexibility index (Phi) is 3.09. The van der Waals surface area contributed by atoms with Crippen molar-refractivity contribution in [3.05, 3.63) is 46.7 Å². The fraction of sp³-hybridized carbons (Fsp3) is 0.294. The molecule has 0 N–H and O–H groups in total. The number of ether oxygens (including phenoxy) is 3. The molecule has 114 valence electrons. The SMILES string of the molecule is COC1=CC(=O)C=C(C)C12Oc1cc(OC)cc(C)c1C2=O. The second kappa shape index (κ2) is 4.73. The van der Waals surface area contributed by atoms with Crippen LogP contribution in [0.4, 0.5) is 0 Å². The van der Waals surface area contributed by atoms with Gasteiger partial charge in [-0.1, -0.05) is 0 Å². The number of allylic oxidation sites excluding steroid dienone is 2. The molecular formula is C17H16O5. The van der Waals surface area contributed by atoms with Gasteiger partial charge in [0.2, 0.25) is 11.4 Å². The van der Waals surface area contributed by atoms with E-state index in [0.717, 1.165) is 5.56 Å². The first kappa shape index (κ1) is 14.4. The molecule has 1 aliphatic carbocycles. The highest BCUT2D eigenvalue weighted by molar-refractivity contribution is 6.16. The van der Waals surface area contributed by atoms with Crippen LogP contribution in [0.2, 0.25) is 0 Å². The quantitative estimate of drug-likeness (QED) is 0.839. The van der Waals surface area contributed by atoms with E-state index < -0.39 is 5.60 Å². The van der Waals surface area contributed by atoms with Gasteiger partial charge in [0, 0.05) is 12.1 Å². The van der Waals surface area contributed by atoms with E-state index in [0.29, 0.717) is 22.6 Å². The zero-order valence-electron chi connectivity index (χ0n) is 12.9. The van der Waals surface area contributed by atoms with Crippen LogP contribution in [0.15, 0.2) is 35.6 Å². The molecule has 0 saturated heterocycles. The summed E-state index contributed by atoms with van der Waals surface area (Å²) in [6.07, 6.45) is 2.70. The fourth-order valence-electron chi connectivity index (χ4n) is 3.01. The Morgan fingerprint density at radius 3 is 2.41 bits per heavy atom. The standard InChI is InChI=1S/C17H16O5/c1-9-5-12(20-3)8-13-15(9)16(19)17(22-13)10(2)6-11(18)7-14(17)21-4/h5-8H,1-4H3. The number of Topliss-reactive ketones (excluding diaryl/α,β-unsaturated/α-hetero) is 1.